The van der Waals surface area contributed by atoms with E-state index in [0.717, 1.165) is 12.4 Å². The Kier molecular flexibility index (Phi) is 2.76. The maximum Gasteiger partial charge on any atom is 0.126 e. The fourth-order valence-electron chi connectivity index (χ4n) is 3.98. The van der Waals surface area contributed by atoms with E-state index in [9.17, 15) is 0 Å². The summed E-state index contributed by atoms with van der Waals surface area (Å²) in [6.07, 6.45) is 10.3. The summed E-state index contributed by atoms with van der Waals surface area (Å²) in [7, 11) is 0. The van der Waals surface area contributed by atoms with Crippen LogP contribution in [0.15, 0.2) is 12.1 Å². The van der Waals surface area contributed by atoms with Crippen molar-refractivity contribution < 1.29 is 0 Å². The van der Waals surface area contributed by atoms with Crippen molar-refractivity contribution in [3.05, 3.63) is 23.4 Å². The average Bonchev–Trinajstić information content (AvgIpc) is 2.85. The van der Waals surface area contributed by atoms with Crippen molar-refractivity contribution in [1.29, 1.82) is 0 Å². The Morgan fingerprint density at radius 1 is 1.21 bits per heavy atom. The number of pyridine rings is 1. The third kappa shape index (κ3) is 2.14. The van der Waals surface area contributed by atoms with Gasteiger partial charge in [0.1, 0.15) is 5.82 Å². The molecule has 1 spiro atoms. The van der Waals surface area contributed by atoms with Crippen molar-refractivity contribution >= 4 is 5.82 Å². The minimum Gasteiger partial charge on any atom is -0.367 e. The van der Waals surface area contributed by atoms with Crippen LogP contribution in [-0.4, -0.2) is 23.1 Å². The van der Waals surface area contributed by atoms with E-state index in [4.69, 9.17) is 4.98 Å². The van der Waals surface area contributed by atoms with E-state index in [1.807, 2.05) is 0 Å². The number of nitrogens with zero attached hydrogens (tertiary/aromatic N) is 1. The minimum absolute atomic E-state index is 0.465. The Labute approximate surface area is 115 Å². The Hall–Kier alpha value is -1.09. The molecule has 3 nitrogen and oxygen atoms in total. The van der Waals surface area contributed by atoms with Gasteiger partial charge in [-0.1, -0.05) is 6.07 Å². The number of aryl methyl sites for hydroxylation is 2. The maximum absolute atomic E-state index is 4.81. The SMILES string of the molecule is c1cc2c(nc1NC1CCNC3(CCC3)C1)CCC2. The van der Waals surface area contributed by atoms with Gasteiger partial charge in [0, 0.05) is 17.3 Å². The van der Waals surface area contributed by atoms with Gasteiger partial charge in [-0.2, -0.15) is 0 Å². The van der Waals surface area contributed by atoms with Crippen LogP contribution in [0.5, 0.6) is 0 Å². The van der Waals surface area contributed by atoms with Crippen molar-refractivity contribution in [3.63, 3.8) is 0 Å². The van der Waals surface area contributed by atoms with Crippen molar-refractivity contribution in [3.8, 4) is 0 Å². The zero-order valence-corrected chi connectivity index (χ0v) is 11.5. The van der Waals surface area contributed by atoms with Crippen LogP contribution in [0, 0.1) is 0 Å². The van der Waals surface area contributed by atoms with Crippen LogP contribution < -0.4 is 10.6 Å². The molecule has 2 heterocycles. The van der Waals surface area contributed by atoms with Gasteiger partial charge < -0.3 is 10.6 Å². The number of aromatic nitrogens is 1. The lowest BCUT2D eigenvalue weighted by Gasteiger charge is -2.48. The average molecular weight is 257 g/mol. The van der Waals surface area contributed by atoms with Gasteiger partial charge in [-0.05, 0) is 69.5 Å². The third-order valence-corrected chi connectivity index (χ3v) is 5.22. The second-order valence-corrected chi connectivity index (χ2v) is 6.55. The van der Waals surface area contributed by atoms with E-state index in [0.29, 0.717) is 11.6 Å². The second kappa shape index (κ2) is 4.48. The molecular weight excluding hydrogens is 234 g/mol. The smallest absolute Gasteiger partial charge is 0.126 e. The number of rotatable bonds is 2. The Bertz CT molecular complexity index is 479. The Morgan fingerprint density at radius 2 is 2.16 bits per heavy atom. The first kappa shape index (κ1) is 11.7. The zero-order chi connectivity index (χ0) is 12.7. The number of hydrogen-bond donors (Lipinski definition) is 2. The highest BCUT2D eigenvalue weighted by molar-refractivity contribution is 5.41. The summed E-state index contributed by atoms with van der Waals surface area (Å²) in [4.78, 5) is 4.81. The standard InChI is InChI=1S/C16H23N3/c1-3-12-5-6-15(19-14(12)4-1)18-13-7-10-17-16(11-13)8-2-9-16/h5-6,13,17H,1-4,7-11H2,(H,18,19). The van der Waals surface area contributed by atoms with Crippen LogP contribution in [0.25, 0.3) is 0 Å². The molecule has 1 aromatic rings. The molecule has 4 rings (SSSR count). The molecule has 0 aromatic carbocycles. The van der Waals surface area contributed by atoms with Crippen LogP contribution >= 0.6 is 0 Å². The molecule has 0 amide bonds. The molecule has 1 aromatic heterocycles. The maximum atomic E-state index is 4.81. The van der Waals surface area contributed by atoms with Gasteiger partial charge in [-0.25, -0.2) is 4.98 Å². The highest BCUT2D eigenvalue weighted by atomic mass is 15.1. The summed E-state index contributed by atoms with van der Waals surface area (Å²) in [6, 6.07) is 5.06. The lowest BCUT2D eigenvalue weighted by molar-refractivity contribution is 0.135. The third-order valence-electron chi connectivity index (χ3n) is 5.22. The lowest BCUT2D eigenvalue weighted by atomic mass is 9.70. The summed E-state index contributed by atoms with van der Waals surface area (Å²) in [6.45, 7) is 1.16. The number of piperidine rings is 1. The molecule has 1 saturated heterocycles. The molecule has 3 aliphatic rings. The quantitative estimate of drug-likeness (QED) is 0.855. The monoisotopic (exact) mass is 257 g/mol. The van der Waals surface area contributed by atoms with Gasteiger partial charge in [0.05, 0.1) is 0 Å². The fraction of sp³-hybridized carbons (Fsp3) is 0.688. The van der Waals surface area contributed by atoms with Gasteiger partial charge >= 0.3 is 0 Å². The van der Waals surface area contributed by atoms with Gasteiger partial charge in [0.15, 0.2) is 0 Å². The molecule has 1 unspecified atom stereocenters. The molecule has 19 heavy (non-hydrogen) atoms. The highest BCUT2D eigenvalue weighted by Gasteiger charge is 2.40. The Morgan fingerprint density at radius 3 is 3.00 bits per heavy atom. The van der Waals surface area contributed by atoms with Crippen molar-refractivity contribution in [2.75, 3.05) is 11.9 Å². The predicted molar refractivity (Wildman–Crippen MR) is 77.5 cm³/mol. The van der Waals surface area contributed by atoms with Crippen molar-refractivity contribution in [2.45, 2.75) is 62.9 Å². The minimum atomic E-state index is 0.465. The van der Waals surface area contributed by atoms with Gasteiger partial charge in [-0.15, -0.1) is 0 Å². The summed E-state index contributed by atoms with van der Waals surface area (Å²) in [5, 5.41) is 7.41. The number of nitrogens with one attached hydrogen (secondary N) is 2. The van der Waals surface area contributed by atoms with E-state index in [1.165, 1.54) is 62.6 Å². The van der Waals surface area contributed by atoms with Crippen molar-refractivity contribution in [1.82, 2.24) is 10.3 Å². The number of fused-ring (bicyclic) bond motifs is 1. The molecule has 0 bridgehead atoms. The highest BCUT2D eigenvalue weighted by Crippen LogP contribution is 2.38. The topological polar surface area (TPSA) is 37.0 Å². The van der Waals surface area contributed by atoms with Crippen LogP contribution in [-0.2, 0) is 12.8 Å². The van der Waals surface area contributed by atoms with E-state index in [2.05, 4.69) is 22.8 Å². The summed E-state index contributed by atoms with van der Waals surface area (Å²) in [5.74, 6) is 1.10. The first-order valence-corrected chi connectivity index (χ1v) is 7.83. The van der Waals surface area contributed by atoms with Crippen LogP contribution in [0.1, 0.15) is 49.8 Å². The Balaban J connectivity index is 1.46. The van der Waals surface area contributed by atoms with Gasteiger partial charge in [0.25, 0.3) is 0 Å². The molecule has 1 aliphatic heterocycles. The lowest BCUT2D eigenvalue weighted by Crippen LogP contribution is -2.58. The first-order valence-electron chi connectivity index (χ1n) is 7.83. The van der Waals surface area contributed by atoms with Gasteiger partial charge in [-0.3, -0.25) is 0 Å². The summed E-state index contributed by atoms with van der Waals surface area (Å²) < 4.78 is 0. The van der Waals surface area contributed by atoms with E-state index >= 15 is 0 Å². The second-order valence-electron chi connectivity index (χ2n) is 6.55. The van der Waals surface area contributed by atoms with E-state index in [-0.39, 0.29) is 0 Å². The molecule has 3 heteroatoms. The molecule has 2 fully saturated rings. The predicted octanol–water partition coefficient (Wildman–Crippen LogP) is 2.66. The molecule has 102 valence electrons. The van der Waals surface area contributed by atoms with Crippen molar-refractivity contribution in [2.24, 2.45) is 0 Å². The fourth-order valence-corrected chi connectivity index (χ4v) is 3.98. The molecule has 2 aliphatic carbocycles. The summed E-state index contributed by atoms with van der Waals surface area (Å²) >= 11 is 0. The van der Waals surface area contributed by atoms with Crippen LogP contribution in [0.3, 0.4) is 0 Å². The number of anilines is 1. The molecule has 0 radical (unpaired) electrons. The molecular formula is C16H23N3. The van der Waals surface area contributed by atoms with Crippen LogP contribution in [0.2, 0.25) is 0 Å². The normalized spacial score (nSPS) is 27.9. The molecule has 1 atom stereocenters. The van der Waals surface area contributed by atoms with Crippen LogP contribution in [0.4, 0.5) is 5.82 Å². The van der Waals surface area contributed by atoms with Gasteiger partial charge in [0.2, 0.25) is 0 Å². The zero-order valence-electron chi connectivity index (χ0n) is 11.5. The number of hydrogen-bond acceptors (Lipinski definition) is 3. The van der Waals surface area contributed by atoms with E-state index < -0.39 is 0 Å². The summed E-state index contributed by atoms with van der Waals surface area (Å²) in [5.41, 5.74) is 3.26. The largest absolute Gasteiger partial charge is 0.367 e. The molecule has 2 N–H and O–H groups in total. The van der Waals surface area contributed by atoms with E-state index in [1.54, 1.807) is 0 Å². The molecule has 1 saturated carbocycles. The first-order chi connectivity index (χ1) is 9.33.